The lowest BCUT2D eigenvalue weighted by molar-refractivity contribution is -0.131. The van der Waals surface area contributed by atoms with E-state index in [1.807, 2.05) is 18.2 Å². The molecule has 0 radical (unpaired) electrons. The van der Waals surface area contributed by atoms with Gasteiger partial charge in [-0.2, -0.15) is 0 Å². The van der Waals surface area contributed by atoms with Gasteiger partial charge in [0.1, 0.15) is 12.4 Å². The zero-order chi connectivity index (χ0) is 12.1. The van der Waals surface area contributed by atoms with E-state index in [0.717, 1.165) is 15.0 Å². The van der Waals surface area contributed by atoms with Crippen molar-refractivity contribution in [3.63, 3.8) is 0 Å². The summed E-state index contributed by atoms with van der Waals surface area (Å²) in [5, 5.41) is 8.52. The molecule has 0 aromatic heterocycles. The molecule has 16 heavy (non-hydrogen) atoms. The molecule has 0 saturated carbocycles. The molecule has 0 unspecified atom stereocenters. The van der Waals surface area contributed by atoms with Crippen molar-refractivity contribution < 1.29 is 14.6 Å². The minimum absolute atomic E-state index is 0.256. The monoisotopic (exact) mass is 348 g/mol. The topological polar surface area (TPSA) is 46.5 Å². The summed E-state index contributed by atoms with van der Waals surface area (Å²) in [6, 6.07) is 5.53. The van der Waals surface area contributed by atoms with Crippen LogP contribution in [0.15, 0.2) is 38.8 Å². The lowest BCUT2D eigenvalue weighted by atomic mass is 10.3. The fourth-order valence-corrected chi connectivity index (χ4v) is 2.20. The first-order chi connectivity index (χ1) is 7.49. The highest BCUT2D eigenvalue weighted by molar-refractivity contribution is 9.11. The molecule has 0 atom stereocenters. The van der Waals surface area contributed by atoms with Crippen LogP contribution in [0.25, 0.3) is 0 Å². The summed E-state index contributed by atoms with van der Waals surface area (Å²) in [4.78, 5) is 10.4. The van der Waals surface area contributed by atoms with Crippen LogP contribution in [0, 0.1) is 0 Å². The molecule has 0 aliphatic heterocycles. The molecule has 5 heteroatoms. The number of hydrogen-bond acceptors (Lipinski definition) is 2. The van der Waals surface area contributed by atoms with Crippen molar-refractivity contribution in [2.24, 2.45) is 0 Å². The highest BCUT2D eigenvalue weighted by Gasteiger charge is 2.02. The molecule has 1 N–H and O–H groups in total. The second-order valence-corrected chi connectivity index (χ2v) is 4.96. The summed E-state index contributed by atoms with van der Waals surface area (Å²) >= 11 is 6.69. The van der Waals surface area contributed by atoms with Crippen molar-refractivity contribution in [3.8, 4) is 5.75 Å². The molecular formula is C11H10Br2O3. The van der Waals surface area contributed by atoms with Crippen molar-refractivity contribution in [2.75, 3.05) is 6.61 Å². The Morgan fingerprint density at radius 3 is 2.75 bits per heavy atom. The van der Waals surface area contributed by atoms with Gasteiger partial charge in [0, 0.05) is 10.5 Å². The predicted octanol–water partition coefficient (Wildman–Crippen LogP) is 3.62. The van der Waals surface area contributed by atoms with E-state index >= 15 is 0 Å². The van der Waals surface area contributed by atoms with Crippen LogP contribution in [-0.2, 0) is 4.79 Å². The minimum atomic E-state index is -0.962. The first-order valence-corrected chi connectivity index (χ1v) is 6.05. The Morgan fingerprint density at radius 2 is 2.19 bits per heavy atom. The molecule has 0 bridgehead atoms. The van der Waals surface area contributed by atoms with Crippen molar-refractivity contribution in [3.05, 3.63) is 38.8 Å². The van der Waals surface area contributed by atoms with Gasteiger partial charge in [0.25, 0.3) is 0 Å². The maximum atomic E-state index is 10.4. The maximum absolute atomic E-state index is 10.4. The molecule has 1 aromatic carbocycles. The van der Waals surface area contributed by atoms with Crippen molar-refractivity contribution in [1.29, 1.82) is 0 Å². The largest absolute Gasteiger partial charge is 0.488 e. The van der Waals surface area contributed by atoms with Gasteiger partial charge in [-0.1, -0.05) is 15.9 Å². The Kier molecular flexibility index (Phi) is 5.02. The highest BCUT2D eigenvalue weighted by Crippen LogP contribution is 2.28. The molecule has 3 nitrogen and oxygen atoms in total. The van der Waals surface area contributed by atoms with Gasteiger partial charge >= 0.3 is 5.97 Å². The van der Waals surface area contributed by atoms with E-state index < -0.39 is 5.97 Å². The van der Waals surface area contributed by atoms with Crippen LogP contribution in [0.1, 0.15) is 6.92 Å². The van der Waals surface area contributed by atoms with Crippen LogP contribution >= 0.6 is 31.9 Å². The summed E-state index contributed by atoms with van der Waals surface area (Å²) in [5.74, 6) is -0.280. The molecular weight excluding hydrogens is 340 g/mol. The van der Waals surface area contributed by atoms with Crippen LogP contribution in [0.2, 0.25) is 0 Å². The first kappa shape index (κ1) is 13.3. The molecule has 0 amide bonds. The Balaban J connectivity index is 2.65. The first-order valence-electron chi connectivity index (χ1n) is 4.47. The van der Waals surface area contributed by atoms with E-state index in [1.54, 1.807) is 6.92 Å². The van der Waals surface area contributed by atoms with Gasteiger partial charge in [0.05, 0.1) is 4.47 Å². The van der Waals surface area contributed by atoms with Crippen LogP contribution in [0.3, 0.4) is 0 Å². The van der Waals surface area contributed by atoms with E-state index in [-0.39, 0.29) is 6.61 Å². The average molecular weight is 350 g/mol. The van der Waals surface area contributed by atoms with Gasteiger partial charge in [0.2, 0.25) is 0 Å². The standard InChI is InChI=1S/C11H10Br2O3/c1-7(4-11(14)15)6-16-10-3-2-8(12)5-9(10)13/h2-5H,6H2,1H3,(H,14,15). The van der Waals surface area contributed by atoms with Gasteiger partial charge in [-0.15, -0.1) is 0 Å². The summed E-state index contributed by atoms with van der Waals surface area (Å²) in [7, 11) is 0. The normalized spacial score (nSPS) is 11.3. The lowest BCUT2D eigenvalue weighted by Crippen LogP contribution is -2.01. The Labute approximate surface area is 110 Å². The molecule has 1 aromatic rings. The number of carboxylic acid groups (broad SMARTS) is 1. The van der Waals surface area contributed by atoms with Crippen LogP contribution < -0.4 is 4.74 Å². The smallest absolute Gasteiger partial charge is 0.328 e. The number of aliphatic carboxylic acids is 1. The number of carboxylic acids is 1. The average Bonchev–Trinajstić information content (AvgIpc) is 2.15. The van der Waals surface area contributed by atoms with E-state index in [1.165, 1.54) is 0 Å². The van der Waals surface area contributed by atoms with E-state index in [4.69, 9.17) is 9.84 Å². The summed E-state index contributed by atoms with van der Waals surface area (Å²) in [6.07, 6.45) is 1.13. The third-order valence-electron chi connectivity index (χ3n) is 1.72. The number of rotatable bonds is 4. The Morgan fingerprint density at radius 1 is 1.50 bits per heavy atom. The number of ether oxygens (including phenoxy) is 1. The third kappa shape index (κ3) is 4.37. The fraction of sp³-hybridized carbons (Fsp3) is 0.182. The molecule has 86 valence electrons. The second-order valence-electron chi connectivity index (χ2n) is 3.19. The van der Waals surface area contributed by atoms with Crippen molar-refractivity contribution >= 4 is 37.8 Å². The summed E-state index contributed by atoms with van der Waals surface area (Å²) in [5.41, 5.74) is 0.655. The molecule has 1 rings (SSSR count). The second kappa shape index (κ2) is 6.06. The third-order valence-corrected chi connectivity index (χ3v) is 2.83. The van der Waals surface area contributed by atoms with E-state index in [9.17, 15) is 4.79 Å². The van der Waals surface area contributed by atoms with Gasteiger partial charge in [0.15, 0.2) is 0 Å². The minimum Gasteiger partial charge on any atom is -0.488 e. The highest BCUT2D eigenvalue weighted by atomic mass is 79.9. The number of hydrogen-bond donors (Lipinski definition) is 1. The SMILES string of the molecule is CC(=CC(=O)O)COc1ccc(Br)cc1Br. The van der Waals surface area contributed by atoms with Gasteiger partial charge in [-0.3, -0.25) is 0 Å². The zero-order valence-corrected chi connectivity index (χ0v) is 11.7. The molecule has 0 spiro atoms. The van der Waals surface area contributed by atoms with Crippen LogP contribution in [-0.4, -0.2) is 17.7 Å². The zero-order valence-electron chi connectivity index (χ0n) is 8.54. The quantitative estimate of drug-likeness (QED) is 0.844. The van der Waals surface area contributed by atoms with Crippen molar-refractivity contribution in [1.82, 2.24) is 0 Å². The lowest BCUT2D eigenvalue weighted by Gasteiger charge is -2.08. The maximum Gasteiger partial charge on any atom is 0.328 e. The molecule has 0 aliphatic carbocycles. The van der Waals surface area contributed by atoms with Gasteiger partial charge in [-0.05, 0) is 46.6 Å². The molecule has 0 fully saturated rings. The number of carbonyl (C=O) groups is 1. The summed E-state index contributed by atoms with van der Waals surface area (Å²) < 4.78 is 7.23. The Bertz CT molecular complexity index is 427. The van der Waals surface area contributed by atoms with Crippen LogP contribution in [0.5, 0.6) is 5.75 Å². The number of halogens is 2. The predicted molar refractivity (Wildman–Crippen MR) is 68.7 cm³/mol. The molecule has 0 heterocycles. The summed E-state index contributed by atoms with van der Waals surface area (Å²) in [6.45, 7) is 1.97. The van der Waals surface area contributed by atoms with Crippen LogP contribution in [0.4, 0.5) is 0 Å². The fourth-order valence-electron chi connectivity index (χ4n) is 1.04. The van der Waals surface area contributed by atoms with Gasteiger partial charge < -0.3 is 9.84 Å². The number of benzene rings is 1. The Hall–Kier alpha value is -0.810. The molecule has 0 aliphatic rings. The molecule has 0 saturated heterocycles. The van der Waals surface area contributed by atoms with Gasteiger partial charge in [-0.25, -0.2) is 4.79 Å². The van der Waals surface area contributed by atoms with E-state index in [0.29, 0.717) is 11.3 Å². The van der Waals surface area contributed by atoms with Crippen molar-refractivity contribution in [2.45, 2.75) is 6.92 Å². The van der Waals surface area contributed by atoms with E-state index in [2.05, 4.69) is 31.9 Å².